The Labute approximate surface area is 86.5 Å². The summed E-state index contributed by atoms with van der Waals surface area (Å²) in [5.41, 5.74) is -0.958. The minimum absolute atomic E-state index is 0.00992. The number of ether oxygens (including phenoxy) is 1. The molecule has 0 saturated heterocycles. The molecule has 14 heavy (non-hydrogen) atoms. The minimum atomic E-state index is -0.968. The molecule has 0 aliphatic rings. The van der Waals surface area contributed by atoms with E-state index in [1.54, 1.807) is 13.8 Å². The third-order valence-corrected chi connectivity index (χ3v) is 1.74. The molecule has 0 saturated carbocycles. The maximum absolute atomic E-state index is 11.2. The molecule has 0 amide bonds. The molecule has 3 nitrogen and oxygen atoms in total. The second-order valence-electron chi connectivity index (χ2n) is 5.22. The second kappa shape index (κ2) is 4.78. The van der Waals surface area contributed by atoms with Crippen molar-refractivity contribution in [3.63, 3.8) is 0 Å². The lowest BCUT2D eigenvalue weighted by Gasteiger charge is -2.30. The predicted molar refractivity (Wildman–Crippen MR) is 55.9 cm³/mol. The van der Waals surface area contributed by atoms with Gasteiger partial charge in [0.2, 0.25) is 0 Å². The largest absolute Gasteiger partial charge is 0.466 e. The van der Waals surface area contributed by atoms with Crippen LogP contribution in [0.5, 0.6) is 0 Å². The van der Waals surface area contributed by atoms with E-state index in [1.807, 2.05) is 20.8 Å². The summed E-state index contributed by atoms with van der Waals surface area (Å²) >= 11 is 0. The summed E-state index contributed by atoms with van der Waals surface area (Å²) in [6.07, 6.45) is 0.650. The van der Waals surface area contributed by atoms with Crippen LogP contribution in [0.4, 0.5) is 0 Å². The topological polar surface area (TPSA) is 46.5 Å². The zero-order chi connectivity index (χ0) is 11.4. The van der Waals surface area contributed by atoms with E-state index in [1.165, 1.54) is 0 Å². The molecule has 0 aromatic heterocycles. The fraction of sp³-hybridized carbons (Fsp3) is 0.909. The first kappa shape index (κ1) is 13.4. The molecule has 0 aliphatic carbocycles. The van der Waals surface area contributed by atoms with Crippen molar-refractivity contribution in [1.29, 1.82) is 0 Å². The van der Waals surface area contributed by atoms with Crippen molar-refractivity contribution in [2.24, 2.45) is 5.41 Å². The maximum Gasteiger partial charge on any atom is 0.308 e. The van der Waals surface area contributed by atoms with Crippen LogP contribution in [0.3, 0.4) is 0 Å². The fourth-order valence-electron chi connectivity index (χ4n) is 1.73. The van der Waals surface area contributed by atoms with Crippen LogP contribution in [0, 0.1) is 5.41 Å². The van der Waals surface area contributed by atoms with E-state index in [2.05, 4.69) is 0 Å². The van der Waals surface area contributed by atoms with Crippen molar-refractivity contribution < 1.29 is 14.6 Å². The van der Waals surface area contributed by atoms with E-state index >= 15 is 0 Å². The summed E-state index contributed by atoms with van der Waals surface area (Å²) in [7, 11) is 0. The van der Waals surface area contributed by atoms with Crippen molar-refractivity contribution >= 4 is 5.97 Å². The zero-order valence-electron chi connectivity index (χ0n) is 9.89. The Morgan fingerprint density at radius 1 is 1.29 bits per heavy atom. The Balaban J connectivity index is 4.13. The molecule has 0 aromatic rings. The van der Waals surface area contributed by atoms with Crippen molar-refractivity contribution in [3.05, 3.63) is 0 Å². The molecule has 84 valence electrons. The molecular weight excluding hydrogens is 180 g/mol. The summed E-state index contributed by atoms with van der Waals surface area (Å²) in [6, 6.07) is 0. The summed E-state index contributed by atoms with van der Waals surface area (Å²) in [5, 5.41) is 9.95. The van der Waals surface area contributed by atoms with Gasteiger partial charge in [-0.25, -0.2) is 0 Å². The summed E-state index contributed by atoms with van der Waals surface area (Å²) < 4.78 is 4.79. The normalized spacial score (nSPS) is 16.1. The molecule has 0 aliphatic heterocycles. The van der Waals surface area contributed by atoms with E-state index < -0.39 is 5.60 Å². The van der Waals surface area contributed by atoms with Gasteiger partial charge in [0.15, 0.2) is 0 Å². The van der Waals surface area contributed by atoms with Gasteiger partial charge < -0.3 is 9.84 Å². The number of aliphatic hydroxyl groups is 1. The Morgan fingerprint density at radius 2 is 1.79 bits per heavy atom. The third-order valence-electron chi connectivity index (χ3n) is 1.74. The molecule has 0 spiro atoms. The molecule has 1 N–H and O–H groups in total. The van der Waals surface area contributed by atoms with E-state index in [-0.39, 0.29) is 17.8 Å². The molecular formula is C11H22O3. The second-order valence-corrected chi connectivity index (χ2v) is 5.22. The summed E-state index contributed by atoms with van der Waals surface area (Å²) in [5.74, 6) is -0.332. The molecule has 0 aromatic carbocycles. The van der Waals surface area contributed by atoms with Gasteiger partial charge in [0.05, 0.1) is 18.6 Å². The van der Waals surface area contributed by atoms with E-state index in [9.17, 15) is 9.90 Å². The lowest BCUT2D eigenvalue weighted by Crippen LogP contribution is -2.33. The van der Waals surface area contributed by atoms with Gasteiger partial charge in [-0.3, -0.25) is 4.79 Å². The Morgan fingerprint density at radius 3 is 2.14 bits per heavy atom. The van der Waals surface area contributed by atoms with Crippen LogP contribution >= 0.6 is 0 Å². The highest BCUT2D eigenvalue weighted by Crippen LogP contribution is 2.29. The lowest BCUT2D eigenvalue weighted by atomic mass is 9.81. The van der Waals surface area contributed by atoms with Crippen LogP contribution in [-0.2, 0) is 9.53 Å². The Hall–Kier alpha value is -0.570. The van der Waals surface area contributed by atoms with Crippen LogP contribution in [0.1, 0.15) is 47.5 Å². The van der Waals surface area contributed by atoms with Crippen LogP contribution in [0.2, 0.25) is 0 Å². The van der Waals surface area contributed by atoms with Crippen molar-refractivity contribution in [2.75, 3.05) is 6.61 Å². The van der Waals surface area contributed by atoms with Crippen LogP contribution in [0.15, 0.2) is 0 Å². The average Bonchev–Trinajstić information content (AvgIpc) is 1.78. The molecule has 0 heterocycles. The molecule has 0 fully saturated rings. The number of carbonyl (C=O) groups is 1. The van der Waals surface area contributed by atoms with E-state index in [4.69, 9.17) is 4.74 Å². The monoisotopic (exact) mass is 202 g/mol. The number of rotatable bonds is 4. The predicted octanol–water partition coefficient (Wildman–Crippen LogP) is 2.13. The SMILES string of the molecule is CCOC(=O)CC(C)(O)CC(C)(C)C. The average molecular weight is 202 g/mol. The van der Waals surface area contributed by atoms with Gasteiger partial charge in [-0.05, 0) is 25.7 Å². The van der Waals surface area contributed by atoms with Gasteiger partial charge in [-0.15, -0.1) is 0 Å². The highest BCUT2D eigenvalue weighted by atomic mass is 16.5. The number of hydrogen-bond donors (Lipinski definition) is 1. The van der Waals surface area contributed by atoms with E-state index in [0.717, 1.165) is 0 Å². The van der Waals surface area contributed by atoms with Crippen LogP contribution in [-0.4, -0.2) is 23.3 Å². The molecule has 0 bridgehead atoms. The van der Waals surface area contributed by atoms with Crippen LogP contribution < -0.4 is 0 Å². The number of esters is 1. The first-order valence-corrected chi connectivity index (χ1v) is 5.04. The first-order chi connectivity index (χ1) is 6.16. The van der Waals surface area contributed by atoms with Gasteiger partial charge in [0, 0.05) is 0 Å². The molecule has 1 unspecified atom stereocenters. The minimum Gasteiger partial charge on any atom is -0.466 e. The highest BCUT2D eigenvalue weighted by molar-refractivity contribution is 5.70. The van der Waals surface area contributed by atoms with Crippen molar-refractivity contribution in [1.82, 2.24) is 0 Å². The zero-order valence-corrected chi connectivity index (χ0v) is 9.89. The highest BCUT2D eigenvalue weighted by Gasteiger charge is 2.30. The van der Waals surface area contributed by atoms with Gasteiger partial charge in [-0.1, -0.05) is 20.8 Å². The van der Waals surface area contributed by atoms with Crippen molar-refractivity contribution in [2.45, 2.75) is 53.1 Å². The number of carbonyl (C=O) groups excluding carboxylic acids is 1. The van der Waals surface area contributed by atoms with Crippen molar-refractivity contribution in [3.8, 4) is 0 Å². The quantitative estimate of drug-likeness (QED) is 0.710. The number of hydrogen-bond acceptors (Lipinski definition) is 3. The van der Waals surface area contributed by atoms with Gasteiger partial charge in [0.1, 0.15) is 0 Å². The molecule has 1 atom stereocenters. The summed E-state index contributed by atoms with van der Waals surface area (Å²) in [6.45, 7) is 9.90. The van der Waals surface area contributed by atoms with Gasteiger partial charge in [-0.2, -0.15) is 0 Å². The molecule has 3 heteroatoms. The fourth-order valence-corrected chi connectivity index (χ4v) is 1.73. The van der Waals surface area contributed by atoms with Gasteiger partial charge in [0.25, 0.3) is 0 Å². The van der Waals surface area contributed by atoms with E-state index in [0.29, 0.717) is 13.0 Å². The lowest BCUT2D eigenvalue weighted by molar-refractivity contribution is -0.149. The summed E-state index contributed by atoms with van der Waals surface area (Å²) in [4.78, 5) is 11.2. The smallest absolute Gasteiger partial charge is 0.308 e. The van der Waals surface area contributed by atoms with Crippen LogP contribution in [0.25, 0.3) is 0 Å². The standard InChI is InChI=1S/C11H22O3/c1-6-14-9(12)7-11(5,13)8-10(2,3)4/h13H,6-8H2,1-5H3. The van der Waals surface area contributed by atoms with Gasteiger partial charge >= 0.3 is 5.97 Å². The first-order valence-electron chi connectivity index (χ1n) is 5.04. The Kier molecular flexibility index (Phi) is 4.59. The molecule has 0 rings (SSSR count). The third kappa shape index (κ3) is 6.89. The maximum atomic E-state index is 11.2. The molecule has 0 radical (unpaired) electrons. The Bertz CT molecular complexity index is 189.